The zero-order chi connectivity index (χ0) is 91.5. The first kappa shape index (κ1) is 105. The van der Waals surface area contributed by atoms with Gasteiger partial charge in [-0.05, 0) is 223 Å². The van der Waals surface area contributed by atoms with Gasteiger partial charge in [0.05, 0.1) is 60.2 Å². The first-order valence-corrected chi connectivity index (χ1v) is 40.0. The highest BCUT2D eigenvalue weighted by molar-refractivity contribution is 6.67. The molecule has 6 heterocycles. The van der Waals surface area contributed by atoms with E-state index in [0.29, 0.717) is 72.3 Å². The number of aliphatic hydroxyl groups excluding tert-OH is 1. The number of rotatable bonds is 14. The van der Waals surface area contributed by atoms with Crippen molar-refractivity contribution in [3.8, 4) is 0 Å². The molecule has 0 radical (unpaired) electrons. The third-order valence-corrected chi connectivity index (χ3v) is 19.3. The number of nitrogen functional groups attached to an aromatic ring is 1. The maximum absolute atomic E-state index is 13.2. The number of amides is 1. The number of para-hydroxylation sites is 4. The Kier molecular flexibility index (Phi) is 43.2. The van der Waals surface area contributed by atoms with E-state index in [9.17, 15) is 86.9 Å². The molecular formula is C88H97Cl4F13N12O7. The van der Waals surface area contributed by atoms with Gasteiger partial charge in [0.2, 0.25) is 5.82 Å². The van der Waals surface area contributed by atoms with Gasteiger partial charge in [-0.2, -0.15) is 57.1 Å². The molecule has 10 aromatic rings. The van der Waals surface area contributed by atoms with Crippen LogP contribution >= 0.6 is 47.2 Å². The van der Waals surface area contributed by atoms with Crippen LogP contribution in [0.5, 0.6) is 0 Å². The highest BCUT2D eigenvalue weighted by Gasteiger charge is 2.38. The number of hydrogen-bond donors (Lipinski definition) is 4. The number of nitro benzene ring substituents is 2. The van der Waals surface area contributed by atoms with Crippen LogP contribution in [0.15, 0.2) is 219 Å². The van der Waals surface area contributed by atoms with Gasteiger partial charge in [-0.1, -0.05) is 100 Å². The highest BCUT2D eigenvalue weighted by Crippen LogP contribution is 2.45. The minimum atomic E-state index is -4.71. The van der Waals surface area contributed by atoms with Crippen molar-refractivity contribution in [1.82, 2.24) is 19.8 Å². The maximum atomic E-state index is 13.2. The largest absolute Gasteiger partial charge is 0.416 e. The van der Waals surface area contributed by atoms with Crippen molar-refractivity contribution in [2.75, 3.05) is 95.9 Å². The molecule has 0 fully saturated rings. The average Bonchev–Trinajstić information content (AvgIpc) is 1.62. The summed E-state index contributed by atoms with van der Waals surface area (Å²) in [5.74, 6) is -1.78. The monoisotopic (exact) mass is 1820 g/mol. The van der Waals surface area contributed by atoms with Crippen LogP contribution in [0.3, 0.4) is 0 Å². The van der Waals surface area contributed by atoms with Gasteiger partial charge in [-0.3, -0.25) is 44.7 Å². The molecule has 0 atom stereocenters. The fourth-order valence-electron chi connectivity index (χ4n) is 13.1. The van der Waals surface area contributed by atoms with E-state index in [-0.39, 0.29) is 40.9 Å². The van der Waals surface area contributed by atoms with E-state index in [1.54, 1.807) is 23.1 Å². The number of alkyl halides is 14. The molecule has 4 aliphatic heterocycles. The smallest absolute Gasteiger partial charge is 0.400 e. The fraction of sp³-hybridized carbons (Fsp3) is 0.318. The summed E-state index contributed by atoms with van der Waals surface area (Å²) in [6.07, 6.45) is -8.67. The Bertz CT molecular complexity index is 4970. The number of carbonyl (C=O) groups excluding carboxylic acids is 2. The van der Waals surface area contributed by atoms with E-state index in [1.165, 1.54) is 98.0 Å². The van der Waals surface area contributed by atoms with Gasteiger partial charge in [0.25, 0.3) is 16.8 Å². The first-order valence-electron chi connectivity index (χ1n) is 38.5. The number of halogens is 17. The zero-order valence-electron chi connectivity index (χ0n) is 69.1. The normalized spacial score (nSPS) is 12.5. The summed E-state index contributed by atoms with van der Waals surface area (Å²) < 4.78 is 165. The minimum absolute atomic E-state index is 0. The van der Waals surface area contributed by atoms with Crippen LogP contribution in [-0.2, 0) is 50.4 Å². The number of nitro groups is 2. The standard InChI is InChI=1S/C21H16F3N3O.C15H11F3N2O2.C15H13F3N2.C8H9N.C8H19N.C7H3F4NO2.C6H4ClNO.C6H15N.CH2Cl2.CH4O.ClH/c22-21(23,24)16-5-6-19(27-12-9-14-3-1-2-4-18(14)27)17(13-16)26-20(28)15-7-10-25-11-8-15;16-15(17,18)11-5-6-13(14(9-11)20(21)22)19-8-7-10-3-1-2-4-12(10)19;16-15(17,18)11-5-6-14(12(19)9-11)20-8-7-10-3-1-2-4-13(10)20;1-2-4-8-7(3-1)5-6-9-8;1-6-9(7(2)3)8(4)5;8-5-2-1-4(7(9,10)11)3-6(5)12(13)14;7-6(9)5-1-3-8-4-2-5;1-4-7(5-2)6-3;2-1-3;1-2;/h1-8,10-11,13H,9,12H2,(H,26,28);1-6,9H,7-8H2;1-6,9H,7-8,19H2;1-4,9H,5-6H2;7-8H,6H2,1-5H3;1-3H;1-4H;4-6H2,1-3H3;1H2;2H,1H3;1H. The molecule has 4 aliphatic rings. The number of aromatic nitrogens is 2. The molecular weight excluding hydrogens is 1730 g/mol. The van der Waals surface area contributed by atoms with Crippen molar-refractivity contribution in [2.24, 2.45) is 0 Å². The van der Waals surface area contributed by atoms with Crippen molar-refractivity contribution >= 4 is 121 Å². The number of pyridine rings is 2. The van der Waals surface area contributed by atoms with Gasteiger partial charge in [0.1, 0.15) is 5.69 Å². The zero-order valence-corrected chi connectivity index (χ0v) is 72.2. The molecule has 1 amide bonds. The maximum Gasteiger partial charge on any atom is 0.416 e. The van der Waals surface area contributed by atoms with Gasteiger partial charge in [-0.15, -0.1) is 35.6 Å². The van der Waals surface area contributed by atoms with E-state index < -0.39 is 85.1 Å². The lowest BCUT2D eigenvalue weighted by molar-refractivity contribution is -0.387. The van der Waals surface area contributed by atoms with E-state index in [4.69, 9.17) is 45.6 Å². The molecule has 0 spiro atoms. The molecule has 14 rings (SSSR count). The van der Waals surface area contributed by atoms with Crippen molar-refractivity contribution < 1.29 is 81.6 Å². The van der Waals surface area contributed by atoms with E-state index >= 15 is 0 Å². The molecule has 0 bridgehead atoms. The van der Waals surface area contributed by atoms with Crippen molar-refractivity contribution in [3.05, 3.63) is 301 Å². The number of carbonyl (C=O) groups is 2. The number of nitrogens with one attached hydrogen (secondary N) is 2. The molecule has 2 aromatic heterocycles. The number of aliphatic hydroxyl groups is 1. The molecule has 0 saturated carbocycles. The van der Waals surface area contributed by atoms with Crippen molar-refractivity contribution in [3.63, 3.8) is 0 Å². The van der Waals surface area contributed by atoms with Crippen LogP contribution in [-0.4, -0.2) is 123 Å². The summed E-state index contributed by atoms with van der Waals surface area (Å²) in [7, 11) is 1.00. The van der Waals surface area contributed by atoms with Gasteiger partial charge in [-0.25, -0.2) is 0 Å². The second-order valence-electron chi connectivity index (χ2n) is 27.2. The van der Waals surface area contributed by atoms with E-state index in [2.05, 4.69) is 110 Å². The fourth-order valence-corrected chi connectivity index (χ4v) is 13.2. The number of anilines is 9. The van der Waals surface area contributed by atoms with Crippen molar-refractivity contribution in [2.45, 2.75) is 118 Å². The molecule has 0 unspecified atom stereocenters. The summed E-state index contributed by atoms with van der Waals surface area (Å²) in [4.78, 5) is 60.2. The second kappa shape index (κ2) is 50.8. The molecule has 0 aliphatic carbocycles. The Hall–Kier alpha value is -10.9. The predicted octanol–water partition coefficient (Wildman–Crippen LogP) is 24.1. The van der Waals surface area contributed by atoms with Crippen molar-refractivity contribution in [1.29, 1.82) is 0 Å². The topological polar surface area (TPSA) is 233 Å². The van der Waals surface area contributed by atoms with Crippen LogP contribution in [0.2, 0.25) is 0 Å². The van der Waals surface area contributed by atoms with Crippen LogP contribution < -0.4 is 31.1 Å². The summed E-state index contributed by atoms with van der Waals surface area (Å²) in [6.45, 7) is 25.4. The Morgan fingerprint density at radius 1 is 0.492 bits per heavy atom. The Morgan fingerprint density at radius 3 is 1.21 bits per heavy atom. The van der Waals surface area contributed by atoms with Crippen LogP contribution in [0, 0.1) is 26.0 Å². The third-order valence-electron chi connectivity index (χ3n) is 19.0. The highest BCUT2D eigenvalue weighted by atomic mass is 35.5. The molecule has 0 saturated heterocycles. The Labute approximate surface area is 732 Å². The van der Waals surface area contributed by atoms with Gasteiger partial charge in [0, 0.05) is 116 Å². The molecule has 8 aromatic carbocycles. The van der Waals surface area contributed by atoms with E-state index in [0.717, 1.165) is 98.1 Å². The number of nitrogens with two attached hydrogens (primary N) is 1. The number of nitrogens with zero attached hydrogens (tertiary/aromatic N) is 9. The number of benzene rings is 8. The quantitative estimate of drug-likeness (QED) is 0.0198. The third kappa shape index (κ3) is 31.7. The molecule has 19 nitrogen and oxygen atoms in total. The van der Waals surface area contributed by atoms with Crippen LogP contribution in [0.25, 0.3) is 0 Å². The first-order chi connectivity index (χ1) is 58.2. The molecule has 5 N–H and O–H groups in total. The number of fused-ring (bicyclic) bond motifs is 4. The van der Waals surface area contributed by atoms with Gasteiger partial charge < -0.3 is 41.1 Å². The lowest BCUT2D eigenvalue weighted by Gasteiger charge is -2.28. The average molecular weight is 1820 g/mol. The minimum Gasteiger partial charge on any atom is -0.400 e. The summed E-state index contributed by atoms with van der Waals surface area (Å²) in [5.41, 5.74) is 11.6. The molecule has 36 heteroatoms. The summed E-state index contributed by atoms with van der Waals surface area (Å²) in [6, 6.07) is 49.6. The lowest BCUT2D eigenvalue weighted by atomic mass is 10.1. The number of hydrogen-bond acceptors (Lipinski definition) is 16. The Balaban J connectivity index is 0.000000307. The van der Waals surface area contributed by atoms with E-state index in [1.807, 2.05) is 76.5 Å². The van der Waals surface area contributed by atoms with Gasteiger partial charge in [0.15, 0.2) is 0 Å². The van der Waals surface area contributed by atoms with Crippen LogP contribution in [0.1, 0.15) is 121 Å². The SMILES string of the molecule is CCN(C(C)C)C(C)C.CCN(CC)CC.CO.Cl.ClCCl.Nc1cc(C(F)(F)F)ccc1N1CCc2ccccc21.O=C(Cl)c1ccncc1.O=C(Nc1cc(C(F)(F)F)ccc1N1CCc2ccccc21)c1ccncc1.O=[N+]([O-])c1cc(C(F)(F)F)ccc1F.O=[N+]([O-])c1cc(C(F)(F)F)ccc1N1CCc2ccccc21.c1ccc2c(c1)CCN2. The summed E-state index contributed by atoms with van der Waals surface area (Å²) >= 11 is 14.7. The van der Waals surface area contributed by atoms with Gasteiger partial charge >= 0.3 is 30.4 Å². The lowest BCUT2D eigenvalue weighted by Crippen LogP contribution is -2.36. The summed E-state index contributed by atoms with van der Waals surface area (Å²) in [5, 5.41) is 34.0. The molecule has 124 heavy (non-hydrogen) atoms. The second-order valence-corrected chi connectivity index (χ2v) is 28.4. The predicted molar refractivity (Wildman–Crippen MR) is 468 cm³/mol. The Morgan fingerprint density at radius 2 is 0.847 bits per heavy atom. The van der Waals surface area contributed by atoms with Crippen LogP contribution in [0.4, 0.5) is 120 Å². The molecule has 670 valence electrons.